The summed E-state index contributed by atoms with van der Waals surface area (Å²) >= 11 is 0. The first-order valence-electron chi connectivity index (χ1n) is 6.33. The molecule has 0 aromatic heterocycles. The Kier molecular flexibility index (Phi) is 4.37. The van der Waals surface area contributed by atoms with Gasteiger partial charge in [0.15, 0.2) is 0 Å². The van der Waals surface area contributed by atoms with Crippen LogP contribution in [-0.2, 0) is 0 Å². The minimum Gasteiger partial charge on any atom is -0.492 e. The summed E-state index contributed by atoms with van der Waals surface area (Å²) < 4.78 is 5.62. The van der Waals surface area contributed by atoms with E-state index in [4.69, 9.17) is 10.5 Å². The average Bonchev–Trinajstić information content (AvgIpc) is 2.46. The number of benzene rings is 2. The Bertz CT molecular complexity index is 464. The van der Waals surface area contributed by atoms with Crippen molar-refractivity contribution in [3.05, 3.63) is 54.6 Å². The van der Waals surface area contributed by atoms with E-state index in [0.717, 1.165) is 12.2 Å². The van der Waals surface area contributed by atoms with Crippen LogP contribution in [0.4, 0.5) is 0 Å². The minimum absolute atomic E-state index is 0.110. The van der Waals surface area contributed by atoms with Crippen LogP contribution in [0.2, 0.25) is 0 Å². The molecular weight excluding hydrogens is 222 g/mol. The van der Waals surface area contributed by atoms with Crippen LogP contribution < -0.4 is 10.5 Å². The molecule has 0 aliphatic carbocycles. The van der Waals surface area contributed by atoms with Crippen molar-refractivity contribution < 1.29 is 4.74 Å². The molecule has 2 heteroatoms. The van der Waals surface area contributed by atoms with Crippen LogP contribution in [0.15, 0.2) is 54.6 Å². The zero-order valence-electron chi connectivity index (χ0n) is 10.7. The van der Waals surface area contributed by atoms with E-state index in [1.54, 1.807) is 0 Å². The van der Waals surface area contributed by atoms with E-state index in [1.165, 1.54) is 11.1 Å². The third-order valence-electron chi connectivity index (χ3n) is 2.95. The van der Waals surface area contributed by atoms with Crippen molar-refractivity contribution in [1.82, 2.24) is 0 Å². The van der Waals surface area contributed by atoms with Crippen LogP contribution in [0, 0.1) is 0 Å². The molecule has 0 aliphatic rings. The Morgan fingerprint density at radius 1 is 0.944 bits per heavy atom. The highest BCUT2D eigenvalue weighted by atomic mass is 16.5. The molecule has 0 heterocycles. The molecule has 0 fully saturated rings. The molecule has 2 rings (SSSR count). The first-order valence-corrected chi connectivity index (χ1v) is 6.33. The maximum Gasteiger partial charge on any atom is 0.119 e. The van der Waals surface area contributed by atoms with Gasteiger partial charge in [-0.3, -0.25) is 0 Å². The van der Waals surface area contributed by atoms with E-state index in [1.807, 2.05) is 30.3 Å². The molecule has 0 saturated heterocycles. The lowest BCUT2D eigenvalue weighted by molar-refractivity contribution is 0.285. The fourth-order valence-electron chi connectivity index (χ4n) is 1.70. The molecular formula is C16H19NO. The highest BCUT2D eigenvalue weighted by Crippen LogP contribution is 2.22. The van der Waals surface area contributed by atoms with Crippen LogP contribution >= 0.6 is 0 Å². The van der Waals surface area contributed by atoms with Crippen molar-refractivity contribution in [3.8, 4) is 16.9 Å². The molecule has 2 N–H and O–H groups in total. The van der Waals surface area contributed by atoms with Crippen molar-refractivity contribution in [3.63, 3.8) is 0 Å². The summed E-state index contributed by atoms with van der Waals surface area (Å²) in [6.45, 7) is 2.63. The van der Waals surface area contributed by atoms with E-state index >= 15 is 0 Å². The number of hydrogen-bond donors (Lipinski definition) is 1. The van der Waals surface area contributed by atoms with Crippen LogP contribution in [0.1, 0.15) is 13.3 Å². The molecule has 2 aromatic carbocycles. The lowest BCUT2D eigenvalue weighted by Gasteiger charge is -2.11. The Labute approximate surface area is 108 Å². The second kappa shape index (κ2) is 6.22. The molecule has 0 aliphatic heterocycles. The first-order chi connectivity index (χ1) is 8.79. The van der Waals surface area contributed by atoms with E-state index in [9.17, 15) is 0 Å². The van der Waals surface area contributed by atoms with Gasteiger partial charge in [-0.15, -0.1) is 0 Å². The van der Waals surface area contributed by atoms with E-state index in [0.29, 0.717) is 6.61 Å². The van der Waals surface area contributed by atoms with E-state index in [-0.39, 0.29) is 6.04 Å². The maximum atomic E-state index is 5.82. The molecule has 94 valence electrons. The third-order valence-corrected chi connectivity index (χ3v) is 2.95. The zero-order valence-corrected chi connectivity index (χ0v) is 10.7. The molecule has 1 unspecified atom stereocenters. The van der Waals surface area contributed by atoms with Gasteiger partial charge in [0, 0.05) is 6.04 Å². The van der Waals surface area contributed by atoms with E-state index in [2.05, 4.69) is 31.2 Å². The standard InChI is InChI=1S/C16H19NO/c1-2-15(17)12-18-16-10-8-14(9-11-16)13-6-4-3-5-7-13/h3-11,15H,2,12,17H2,1H3. The highest BCUT2D eigenvalue weighted by Gasteiger charge is 2.01. The average molecular weight is 241 g/mol. The first kappa shape index (κ1) is 12.7. The lowest BCUT2D eigenvalue weighted by Crippen LogP contribution is -2.26. The minimum atomic E-state index is 0.110. The largest absolute Gasteiger partial charge is 0.492 e. The normalized spacial score (nSPS) is 12.1. The fourth-order valence-corrected chi connectivity index (χ4v) is 1.70. The second-order valence-electron chi connectivity index (χ2n) is 4.37. The maximum absolute atomic E-state index is 5.82. The van der Waals surface area contributed by atoms with Gasteiger partial charge in [0.25, 0.3) is 0 Å². The summed E-state index contributed by atoms with van der Waals surface area (Å²) in [6.07, 6.45) is 0.933. The summed E-state index contributed by atoms with van der Waals surface area (Å²) in [6, 6.07) is 18.5. The summed E-state index contributed by atoms with van der Waals surface area (Å²) in [5.74, 6) is 0.874. The van der Waals surface area contributed by atoms with Crippen LogP contribution in [0.25, 0.3) is 11.1 Å². The molecule has 2 aromatic rings. The SMILES string of the molecule is CCC(N)COc1ccc(-c2ccccc2)cc1. The molecule has 0 amide bonds. The lowest BCUT2D eigenvalue weighted by atomic mass is 10.1. The zero-order chi connectivity index (χ0) is 12.8. The van der Waals surface area contributed by atoms with Crippen molar-refractivity contribution in [1.29, 1.82) is 0 Å². The van der Waals surface area contributed by atoms with Gasteiger partial charge in [0.05, 0.1) is 0 Å². The van der Waals surface area contributed by atoms with Gasteiger partial charge in [-0.2, -0.15) is 0 Å². The van der Waals surface area contributed by atoms with Gasteiger partial charge in [-0.05, 0) is 29.7 Å². The summed E-state index contributed by atoms with van der Waals surface area (Å²) in [4.78, 5) is 0. The van der Waals surface area contributed by atoms with Crippen molar-refractivity contribution in [2.24, 2.45) is 5.73 Å². The molecule has 0 radical (unpaired) electrons. The third kappa shape index (κ3) is 3.34. The van der Waals surface area contributed by atoms with Gasteiger partial charge < -0.3 is 10.5 Å². The summed E-state index contributed by atoms with van der Waals surface area (Å²) in [5, 5.41) is 0. The Morgan fingerprint density at radius 3 is 2.17 bits per heavy atom. The molecule has 1 atom stereocenters. The van der Waals surface area contributed by atoms with E-state index < -0.39 is 0 Å². The summed E-state index contributed by atoms with van der Waals surface area (Å²) in [7, 11) is 0. The molecule has 18 heavy (non-hydrogen) atoms. The van der Waals surface area contributed by atoms with Crippen molar-refractivity contribution in [2.75, 3.05) is 6.61 Å². The van der Waals surface area contributed by atoms with Gasteiger partial charge in [-0.1, -0.05) is 49.4 Å². The fraction of sp³-hybridized carbons (Fsp3) is 0.250. The van der Waals surface area contributed by atoms with Gasteiger partial charge >= 0.3 is 0 Å². The summed E-state index contributed by atoms with van der Waals surface area (Å²) in [5.41, 5.74) is 8.23. The number of nitrogens with two attached hydrogens (primary N) is 1. The van der Waals surface area contributed by atoms with Gasteiger partial charge in [0.1, 0.15) is 12.4 Å². The number of hydrogen-bond acceptors (Lipinski definition) is 2. The quantitative estimate of drug-likeness (QED) is 0.870. The monoisotopic (exact) mass is 241 g/mol. The topological polar surface area (TPSA) is 35.2 Å². The predicted molar refractivity (Wildman–Crippen MR) is 75.6 cm³/mol. The Morgan fingerprint density at radius 2 is 1.56 bits per heavy atom. The number of ether oxygens (including phenoxy) is 1. The van der Waals surface area contributed by atoms with Crippen LogP contribution in [0.5, 0.6) is 5.75 Å². The highest BCUT2D eigenvalue weighted by molar-refractivity contribution is 5.63. The van der Waals surface area contributed by atoms with Crippen LogP contribution in [0.3, 0.4) is 0 Å². The predicted octanol–water partition coefficient (Wildman–Crippen LogP) is 3.47. The second-order valence-corrected chi connectivity index (χ2v) is 4.37. The van der Waals surface area contributed by atoms with Gasteiger partial charge in [-0.25, -0.2) is 0 Å². The molecule has 0 bridgehead atoms. The molecule has 2 nitrogen and oxygen atoms in total. The van der Waals surface area contributed by atoms with Crippen molar-refractivity contribution >= 4 is 0 Å². The molecule has 0 spiro atoms. The Balaban J connectivity index is 2.02. The Hall–Kier alpha value is -1.80. The van der Waals surface area contributed by atoms with Crippen LogP contribution in [-0.4, -0.2) is 12.6 Å². The van der Waals surface area contributed by atoms with Gasteiger partial charge in [0.2, 0.25) is 0 Å². The number of rotatable bonds is 5. The molecule has 0 saturated carbocycles. The smallest absolute Gasteiger partial charge is 0.119 e. The van der Waals surface area contributed by atoms with Crippen molar-refractivity contribution in [2.45, 2.75) is 19.4 Å².